The molecule has 2 rings (SSSR count). The predicted octanol–water partition coefficient (Wildman–Crippen LogP) is 3.41. The summed E-state index contributed by atoms with van der Waals surface area (Å²) in [5.41, 5.74) is 7.28. The van der Waals surface area contributed by atoms with Crippen LogP contribution in [-0.2, 0) is 14.0 Å². The highest BCUT2D eigenvalue weighted by atomic mass is 28.4. The van der Waals surface area contributed by atoms with E-state index in [1.807, 2.05) is 24.3 Å². The molecule has 5 nitrogen and oxygen atoms in total. The zero-order chi connectivity index (χ0) is 18.0. The number of rotatable bonds is 5. The highest BCUT2D eigenvalue weighted by molar-refractivity contribution is 6.74. The summed E-state index contributed by atoms with van der Waals surface area (Å²) < 4.78 is 11.9. The van der Waals surface area contributed by atoms with Gasteiger partial charge >= 0.3 is 0 Å². The van der Waals surface area contributed by atoms with Crippen molar-refractivity contribution in [1.82, 2.24) is 0 Å². The third-order valence-corrected chi connectivity index (χ3v) is 9.57. The molecule has 1 unspecified atom stereocenters. The van der Waals surface area contributed by atoms with E-state index < -0.39 is 14.4 Å². The zero-order valence-electron chi connectivity index (χ0n) is 15.5. The second-order valence-electron chi connectivity index (χ2n) is 7.84. The second-order valence-corrected chi connectivity index (χ2v) is 12.6. The first kappa shape index (κ1) is 19.0. The third-order valence-electron chi connectivity index (χ3n) is 5.03. The Kier molecular flexibility index (Phi) is 5.73. The van der Waals surface area contributed by atoms with E-state index in [9.17, 15) is 4.79 Å². The van der Waals surface area contributed by atoms with Crippen molar-refractivity contribution in [3.05, 3.63) is 24.3 Å². The van der Waals surface area contributed by atoms with Gasteiger partial charge in [-0.3, -0.25) is 4.79 Å². The summed E-state index contributed by atoms with van der Waals surface area (Å²) in [5, 5.41) is 0.167. The van der Waals surface area contributed by atoms with Gasteiger partial charge in [-0.1, -0.05) is 20.8 Å². The quantitative estimate of drug-likeness (QED) is 0.653. The molecule has 1 aromatic carbocycles. The lowest BCUT2D eigenvalue weighted by atomic mass is 10.1. The van der Waals surface area contributed by atoms with Crippen molar-refractivity contribution in [2.45, 2.75) is 51.4 Å². The lowest BCUT2D eigenvalue weighted by molar-refractivity contribution is -0.134. The number of benzene rings is 1. The van der Waals surface area contributed by atoms with Crippen molar-refractivity contribution in [2.75, 3.05) is 30.4 Å². The van der Waals surface area contributed by atoms with Gasteiger partial charge in [-0.2, -0.15) is 0 Å². The van der Waals surface area contributed by atoms with Crippen LogP contribution in [0.3, 0.4) is 0 Å². The molecule has 0 aromatic heterocycles. The molecule has 1 saturated heterocycles. The van der Waals surface area contributed by atoms with Crippen LogP contribution in [0.25, 0.3) is 0 Å². The molecule has 1 aliphatic heterocycles. The number of hydrogen-bond donors (Lipinski definition) is 1. The Morgan fingerprint density at radius 2 is 1.92 bits per heavy atom. The number of ether oxygens (including phenoxy) is 1. The van der Waals surface area contributed by atoms with E-state index >= 15 is 0 Å². The average molecular weight is 351 g/mol. The number of hydrogen-bond acceptors (Lipinski definition) is 4. The number of nitrogens with zero attached hydrogens (tertiary/aromatic N) is 1. The molecule has 1 fully saturated rings. The molecule has 6 heteroatoms. The monoisotopic (exact) mass is 350 g/mol. The molecule has 0 spiro atoms. The van der Waals surface area contributed by atoms with Gasteiger partial charge in [-0.05, 0) is 42.4 Å². The van der Waals surface area contributed by atoms with Crippen LogP contribution in [0.15, 0.2) is 24.3 Å². The summed E-state index contributed by atoms with van der Waals surface area (Å²) in [5.74, 6) is 0.00449. The Bertz CT molecular complexity index is 567. The first-order valence-electron chi connectivity index (χ1n) is 8.54. The van der Waals surface area contributed by atoms with Crippen molar-refractivity contribution in [2.24, 2.45) is 0 Å². The van der Waals surface area contributed by atoms with Crippen molar-refractivity contribution < 1.29 is 14.0 Å². The molecule has 2 N–H and O–H groups in total. The van der Waals surface area contributed by atoms with E-state index in [2.05, 4.69) is 33.9 Å². The number of morpholine rings is 1. The SMILES string of the molecule is CC(C)(C)[Si](C)(C)OCCC1OCCN(c2ccc(N)cc2)C1=O. The van der Waals surface area contributed by atoms with Crippen LogP contribution in [0.2, 0.25) is 18.1 Å². The summed E-state index contributed by atoms with van der Waals surface area (Å²) >= 11 is 0. The Balaban J connectivity index is 1.94. The van der Waals surface area contributed by atoms with Crippen molar-refractivity contribution in [1.29, 1.82) is 0 Å². The number of carbonyl (C=O) groups is 1. The van der Waals surface area contributed by atoms with E-state index in [4.69, 9.17) is 14.9 Å². The van der Waals surface area contributed by atoms with Gasteiger partial charge in [0.15, 0.2) is 8.32 Å². The van der Waals surface area contributed by atoms with Gasteiger partial charge in [0.1, 0.15) is 6.10 Å². The molecule has 134 valence electrons. The lowest BCUT2D eigenvalue weighted by Gasteiger charge is -2.37. The van der Waals surface area contributed by atoms with Gasteiger partial charge in [0, 0.05) is 30.9 Å². The van der Waals surface area contributed by atoms with Gasteiger partial charge in [0.2, 0.25) is 0 Å². The summed E-state index contributed by atoms with van der Waals surface area (Å²) in [4.78, 5) is 14.5. The number of nitrogen functional groups attached to an aromatic ring is 1. The Hall–Kier alpha value is -1.37. The summed E-state index contributed by atoms with van der Waals surface area (Å²) in [7, 11) is -1.79. The smallest absolute Gasteiger partial charge is 0.256 e. The minimum Gasteiger partial charge on any atom is -0.417 e. The van der Waals surface area contributed by atoms with Crippen LogP contribution in [0.5, 0.6) is 0 Å². The highest BCUT2D eigenvalue weighted by Gasteiger charge is 2.38. The van der Waals surface area contributed by atoms with Gasteiger partial charge in [0.05, 0.1) is 6.61 Å². The minimum absolute atomic E-state index is 0.00449. The molecule has 24 heavy (non-hydrogen) atoms. The maximum absolute atomic E-state index is 12.7. The van der Waals surface area contributed by atoms with E-state index in [0.29, 0.717) is 31.9 Å². The topological polar surface area (TPSA) is 64.8 Å². The van der Waals surface area contributed by atoms with E-state index in [1.165, 1.54) is 0 Å². The number of anilines is 2. The first-order chi connectivity index (χ1) is 11.1. The lowest BCUT2D eigenvalue weighted by Crippen LogP contribution is -2.49. The maximum Gasteiger partial charge on any atom is 0.256 e. The summed E-state index contributed by atoms with van der Waals surface area (Å²) in [6.45, 7) is 12.7. The van der Waals surface area contributed by atoms with Crippen LogP contribution in [0.1, 0.15) is 27.2 Å². The fourth-order valence-corrected chi connectivity index (χ4v) is 3.46. The van der Waals surface area contributed by atoms with Crippen molar-refractivity contribution in [3.8, 4) is 0 Å². The molecule has 0 aliphatic carbocycles. The minimum atomic E-state index is -1.79. The number of carbonyl (C=O) groups excluding carboxylic acids is 1. The zero-order valence-corrected chi connectivity index (χ0v) is 16.5. The summed E-state index contributed by atoms with van der Waals surface area (Å²) in [6, 6.07) is 7.38. The van der Waals surface area contributed by atoms with E-state index in [0.717, 1.165) is 5.69 Å². The molecule has 0 bridgehead atoms. The largest absolute Gasteiger partial charge is 0.417 e. The Labute approximate surface area is 146 Å². The molecule has 0 saturated carbocycles. The average Bonchev–Trinajstić information content (AvgIpc) is 2.49. The van der Waals surface area contributed by atoms with Gasteiger partial charge < -0.3 is 19.8 Å². The fraction of sp³-hybridized carbons (Fsp3) is 0.611. The van der Waals surface area contributed by atoms with Crippen LogP contribution < -0.4 is 10.6 Å². The molecule has 1 aliphatic rings. The molecule has 1 heterocycles. The van der Waals surface area contributed by atoms with Gasteiger partial charge in [-0.15, -0.1) is 0 Å². The van der Waals surface area contributed by atoms with Crippen LogP contribution >= 0.6 is 0 Å². The van der Waals surface area contributed by atoms with Gasteiger partial charge in [0.25, 0.3) is 5.91 Å². The first-order valence-corrected chi connectivity index (χ1v) is 11.4. The molecular formula is C18H30N2O3Si. The summed E-state index contributed by atoms with van der Waals surface area (Å²) in [6.07, 6.45) is 0.164. The Morgan fingerprint density at radius 1 is 1.29 bits per heavy atom. The molecular weight excluding hydrogens is 320 g/mol. The predicted molar refractivity (Wildman–Crippen MR) is 101 cm³/mol. The van der Waals surface area contributed by atoms with Crippen LogP contribution in [0.4, 0.5) is 11.4 Å². The molecule has 1 amide bonds. The van der Waals surface area contributed by atoms with Crippen LogP contribution in [0, 0.1) is 0 Å². The molecule has 1 atom stereocenters. The number of amides is 1. The standard InChI is InChI=1S/C18H30N2O3Si/c1-18(2,3)24(4,5)23-12-10-16-17(21)20(11-13-22-16)15-8-6-14(19)7-9-15/h6-9,16H,10-13,19H2,1-5H3. The van der Waals surface area contributed by atoms with Crippen molar-refractivity contribution >= 4 is 25.6 Å². The van der Waals surface area contributed by atoms with E-state index in [-0.39, 0.29) is 10.9 Å². The fourth-order valence-electron chi connectivity index (χ4n) is 2.40. The molecule has 1 aromatic rings. The highest BCUT2D eigenvalue weighted by Crippen LogP contribution is 2.36. The van der Waals surface area contributed by atoms with Crippen LogP contribution in [-0.4, -0.2) is 40.1 Å². The normalized spacial score (nSPS) is 19.6. The Morgan fingerprint density at radius 3 is 2.50 bits per heavy atom. The maximum atomic E-state index is 12.7. The van der Waals surface area contributed by atoms with Gasteiger partial charge in [-0.25, -0.2) is 0 Å². The number of nitrogens with two attached hydrogens (primary N) is 1. The third kappa shape index (κ3) is 4.37. The van der Waals surface area contributed by atoms with Crippen molar-refractivity contribution in [3.63, 3.8) is 0 Å². The molecule has 0 radical (unpaired) electrons. The van der Waals surface area contributed by atoms with E-state index in [1.54, 1.807) is 4.90 Å². The second kappa shape index (κ2) is 7.25.